The Morgan fingerprint density at radius 1 is 1.22 bits per heavy atom. The van der Waals surface area contributed by atoms with Crippen molar-refractivity contribution in [1.82, 2.24) is 5.32 Å². The third-order valence-electron chi connectivity index (χ3n) is 3.57. The van der Waals surface area contributed by atoms with Gasteiger partial charge in [-0.3, -0.25) is 0 Å². The van der Waals surface area contributed by atoms with Crippen molar-refractivity contribution < 1.29 is 14.3 Å². The van der Waals surface area contributed by atoms with E-state index in [1.54, 1.807) is 0 Å². The summed E-state index contributed by atoms with van der Waals surface area (Å²) in [5.41, 5.74) is 0.558. The Bertz CT molecular complexity index is 519. The number of benzene rings is 1. The molecule has 1 amide bonds. The van der Waals surface area contributed by atoms with Crippen LogP contribution in [0.25, 0.3) is 0 Å². The van der Waals surface area contributed by atoms with Crippen LogP contribution in [0, 0.1) is 0 Å². The molecule has 5 nitrogen and oxygen atoms in total. The molecule has 1 fully saturated rings. The van der Waals surface area contributed by atoms with Gasteiger partial charge in [-0.1, -0.05) is 19.1 Å². The molecule has 0 unspecified atom stereocenters. The van der Waals surface area contributed by atoms with E-state index in [0.29, 0.717) is 12.6 Å². The van der Waals surface area contributed by atoms with Crippen molar-refractivity contribution in [3.8, 4) is 5.75 Å². The number of amides is 1. The van der Waals surface area contributed by atoms with Crippen molar-refractivity contribution >= 4 is 11.8 Å². The fraction of sp³-hybridized carbons (Fsp3) is 0.611. The van der Waals surface area contributed by atoms with Gasteiger partial charge in [-0.25, -0.2) is 4.79 Å². The van der Waals surface area contributed by atoms with Crippen LogP contribution in [-0.4, -0.2) is 30.4 Å². The molecule has 1 saturated carbocycles. The predicted octanol–water partition coefficient (Wildman–Crippen LogP) is 3.94. The van der Waals surface area contributed by atoms with Gasteiger partial charge in [-0.15, -0.1) is 0 Å². The molecule has 0 bridgehead atoms. The topological polar surface area (TPSA) is 59.6 Å². The number of alkyl carbamates (subject to hydrolysis) is 1. The molecule has 2 N–H and O–H groups in total. The number of carbonyl (C=O) groups is 1. The Balaban J connectivity index is 1.77. The highest BCUT2D eigenvalue weighted by atomic mass is 16.6. The number of ether oxygens (including phenoxy) is 2. The second-order valence-electron chi connectivity index (χ2n) is 7.00. The van der Waals surface area contributed by atoms with Gasteiger partial charge in [0, 0.05) is 12.1 Å². The number of nitrogens with one attached hydrogen (secondary N) is 2. The third-order valence-corrected chi connectivity index (χ3v) is 3.57. The fourth-order valence-electron chi connectivity index (χ4n) is 2.47. The first-order chi connectivity index (χ1) is 10.9. The molecule has 1 aliphatic carbocycles. The van der Waals surface area contributed by atoms with Gasteiger partial charge in [0.15, 0.2) is 0 Å². The van der Waals surface area contributed by atoms with Crippen molar-refractivity contribution in [1.29, 1.82) is 0 Å². The molecule has 23 heavy (non-hydrogen) atoms. The molecular formula is C18H28N2O3. The van der Waals surface area contributed by atoms with E-state index in [9.17, 15) is 4.79 Å². The summed E-state index contributed by atoms with van der Waals surface area (Å²) in [6.07, 6.45) is 2.43. The highest BCUT2D eigenvalue weighted by Gasteiger charge is 2.32. The number of para-hydroxylation sites is 2. The number of hydrogen-bond acceptors (Lipinski definition) is 4. The first-order valence-corrected chi connectivity index (χ1v) is 8.35. The van der Waals surface area contributed by atoms with Crippen LogP contribution in [0.4, 0.5) is 10.5 Å². The van der Waals surface area contributed by atoms with Crippen LogP contribution < -0.4 is 15.4 Å². The second kappa shape index (κ2) is 7.57. The molecule has 0 aliphatic heterocycles. The first-order valence-electron chi connectivity index (χ1n) is 8.35. The Kier molecular flexibility index (Phi) is 5.74. The molecule has 1 aromatic rings. The number of rotatable bonds is 6. The third kappa shape index (κ3) is 5.66. The van der Waals surface area contributed by atoms with E-state index in [1.807, 2.05) is 45.0 Å². The van der Waals surface area contributed by atoms with Crippen molar-refractivity contribution in [2.24, 2.45) is 0 Å². The summed E-state index contributed by atoms with van der Waals surface area (Å²) in [5.74, 6) is 0.887. The Morgan fingerprint density at radius 3 is 2.57 bits per heavy atom. The van der Waals surface area contributed by atoms with Crippen molar-refractivity contribution in [3.05, 3.63) is 24.3 Å². The minimum Gasteiger partial charge on any atom is -0.491 e. The van der Waals surface area contributed by atoms with E-state index >= 15 is 0 Å². The molecule has 0 heterocycles. The van der Waals surface area contributed by atoms with Crippen LogP contribution in [0.15, 0.2) is 24.3 Å². The SMILES string of the molecule is CCCOc1ccccc1NC1CC(NC(=O)OC(C)(C)C)C1. The van der Waals surface area contributed by atoms with Gasteiger partial charge in [0.1, 0.15) is 11.4 Å². The van der Waals surface area contributed by atoms with Crippen molar-refractivity contribution in [2.75, 3.05) is 11.9 Å². The largest absolute Gasteiger partial charge is 0.491 e. The van der Waals surface area contributed by atoms with Crippen LogP contribution in [0.1, 0.15) is 47.0 Å². The van der Waals surface area contributed by atoms with Crippen LogP contribution in [-0.2, 0) is 4.74 Å². The molecule has 2 rings (SSSR count). The smallest absolute Gasteiger partial charge is 0.407 e. The van der Waals surface area contributed by atoms with E-state index in [4.69, 9.17) is 9.47 Å². The summed E-state index contributed by atoms with van der Waals surface area (Å²) in [6, 6.07) is 8.50. The molecule has 128 valence electrons. The number of carbonyl (C=O) groups excluding carboxylic acids is 1. The number of anilines is 1. The molecular weight excluding hydrogens is 292 g/mol. The fourth-order valence-corrected chi connectivity index (χ4v) is 2.47. The summed E-state index contributed by atoms with van der Waals surface area (Å²) < 4.78 is 11.0. The summed E-state index contributed by atoms with van der Waals surface area (Å²) in [7, 11) is 0. The van der Waals surface area contributed by atoms with Gasteiger partial charge in [0.05, 0.1) is 12.3 Å². The highest BCUT2D eigenvalue weighted by Crippen LogP contribution is 2.30. The van der Waals surface area contributed by atoms with Gasteiger partial charge in [-0.05, 0) is 52.2 Å². The van der Waals surface area contributed by atoms with Crippen molar-refractivity contribution in [3.63, 3.8) is 0 Å². The second-order valence-corrected chi connectivity index (χ2v) is 7.00. The standard InChI is InChI=1S/C18H28N2O3/c1-5-10-22-16-9-7-6-8-15(16)19-13-11-14(12-13)20-17(21)23-18(2,3)4/h6-9,13-14,19H,5,10-12H2,1-4H3,(H,20,21). The highest BCUT2D eigenvalue weighted by molar-refractivity contribution is 5.68. The zero-order valence-electron chi connectivity index (χ0n) is 14.5. The summed E-state index contributed by atoms with van der Waals surface area (Å²) in [4.78, 5) is 11.7. The molecule has 0 aromatic heterocycles. The quantitative estimate of drug-likeness (QED) is 0.833. The van der Waals surface area contributed by atoms with E-state index in [1.165, 1.54) is 0 Å². The van der Waals surface area contributed by atoms with E-state index < -0.39 is 5.60 Å². The summed E-state index contributed by atoms with van der Waals surface area (Å²) >= 11 is 0. The molecule has 5 heteroatoms. The maximum Gasteiger partial charge on any atom is 0.407 e. The van der Waals surface area contributed by atoms with E-state index in [0.717, 1.165) is 30.7 Å². The molecule has 0 atom stereocenters. The van der Waals surface area contributed by atoms with Gasteiger partial charge >= 0.3 is 6.09 Å². The van der Waals surface area contributed by atoms with Gasteiger partial charge in [0.2, 0.25) is 0 Å². The predicted molar refractivity (Wildman–Crippen MR) is 92.0 cm³/mol. The molecule has 0 radical (unpaired) electrons. The van der Waals surface area contributed by atoms with Crippen LogP contribution >= 0.6 is 0 Å². The Labute approximate surface area is 138 Å². The molecule has 1 aromatic carbocycles. The van der Waals surface area contributed by atoms with Crippen LogP contribution in [0.3, 0.4) is 0 Å². The maximum atomic E-state index is 11.7. The minimum atomic E-state index is -0.457. The summed E-state index contributed by atoms with van der Waals surface area (Å²) in [5, 5.41) is 6.40. The lowest BCUT2D eigenvalue weighted by Crippen LogP contribution is -2.50. The Morgan fingerprint density at radius 2 is 1.91 bits per heavy atom. The van der Waals surface area contributed by atoms with Gasteiger partial charge < -0.3 is 20.1 Å². The monoisotopic (exact) mass is 320 g/mol. The lowest BCUT2D eigenvalue weighted by Gasteiger charge is -2.37. The van der Waals surface area contributed by atoms with E-state index in [2.05, 4.69) is 17.6 Å². The average Bonchev–Trinajstić information content (AvgIpc) is 2.42. The van der Waals surface area contributed by atoms with Crippen LogP contribution in [0.2, 0.25) is 0 Å². The first kappa shape index (κ1) is 17.4. The molecule has 0 saturated heterocycles. The number of hydrogen-bond donors (Lipinski definition) is 2. The minimum absolute atomic E-state index is 0.172. The molecule has 0 spiro atoms. The summed E-state index contributed by atoms with van der Waals surface area (Å²) in [6.45, 7) is 8.40. The maximum absolute atomic E-state index is 11.7. The zero-order chi connectivity index (χ0) is 16.9. The average molecular weight is 320 g/mol. The van der Waals surface area contributed by atoms with Crippen LogP contribution in [0.5, 0.6) is 5.75 Å². The zero-order valence-corrected chi connectivity index (χ0v) is 14.5. The van der Waals surface area contributed by atoms with Gasteiger partial charge in [-0.2, -0.15) is 0 Å². The lowest BCUT2D eigenvalue weighted by atomic mass is 9.86. The van der Waals surface area contributed by atoms with Gasteiger partial charge in [0.25, 0.3) is 0 Å². The van der Waals surface area contributed by atoms with E-state index in [-0.39, 0.29) is 12.1 Å². The Hall–Kier alpha value is -1.91. The lowest BCUT2D eigenvalue weighted by molar-refractivity contribution is 0.0475. The normalized spacial score (nSPS) is 20.3. The van der Waals surface area contributed by atoms with Crippen molar-refractivity contribution in [2.45, 2.75) is 64.6 Å². The molecule has 1 aliphatic rings.